The largest absolute Gasteiger partial charge is 0.376 e. The Bertz CT molecular complexity index is 982. The predicted molar refractivity (Wildman–Crippen MR) is 120 cm³/mol. The number of nitrogens with zero attached hydrogens (tertiary/aromatic N) is 6. The van der Waals surface area contributed by atoms with Gasteiger partial charge in [-0.1, -0.05) is 48.0 Å². The van der Waals surface area contributed by atoms with Crippen LogP contribution in [0.5, 0.6) is 0 Å². The summed E-state index contributed by atoms with van der Waals surface area (Å²) in [6.45, 7) is 5.18. The van der Waals surface area contributed by atoms with Gasteiger partial charge in [0.25, 0.3) is 0 Å². The Hall–Kier alpha value is -2.48. The number of hydrogen-bond donors (Lipinski definition) is 0. The SMILES string of the molecule is Clc1ccccc1[C@@H](c1nnnn1C[C@H]1CCCO1)N1CCN(c2ccccc2)CC1. The van der Waals surface area contributed by atoms with Gasteiger partial charge in [0, 0.05) is 43.5 Å². The van der Waals surface area contributed by atoms with Crippen LogP contribution in [0.2, 0.25) is 5.02 Å². The molecule has 0 radical (unpaired) electrons. The third-order valence-corrected chi connectivity index (χ3v) is 6.55. The second-order valence-corrected chi connectivity index (χ2v) is 8.54. The summed E-state index contributed by atoms with van der Waals surface area (Å²) in [5, 5.41) is 13.5. The summed E-state index contributed by atoms with van der Waals surface area (Å²) in [7, 11) is 0. The molecule has 1 aromatic heterocycles. The standard InChI is InChI=1S/C23H27ClN6O/c24-21-11-5-4-10-20(21)22(23-25-26-27-30(23)17-19-9-6-16-31-19)29-14-12-28(13-15-29)18-7-2-1-3-8-18/h1-5,7-8,10-11,19,22H,6,9,12-17H2/t19-,22+/m1/s1. The smallest absolute Gasteiger partial charge is 0.173 e. The second kappa shape index (κ2) is 9.34. The first-order valence-corrected chi connectivity index (χ1v) is 11.3. The molecule has 2 aromatic carbocycles. The van der Waals surface area contributed by atoms with Crippen molar-refractivity contribution in [2.75, 3.05) is 37.7 Å². The van der Waals surface area contributed by atoms with E-state index >= 15 is 0 Å². The van der Waals surface area contributed by atoms with Gasteiger partial charge < -0.3 is 9.64 Å². The van der Waals surface area contributed by atoms with Crippen molar-refractivity contribution in [2.45, 2.75) is 31.5 Å². The number of rotatable bonds is 6. The average Bonchev–Trinajstić information content (AvgIpc) is 3.49. The summed E-state index contributed by atoms with van der Waals surface area (Å²) in [4.78, 5) is 4.87. The van der Waals surface area contributed by atoms with Gasteiger partial charge in [-0.15, -0.1) is 5.10 Å². The van der Waals surface area contributed by atoms with E-state index in [0.717, 1.165) is 62.0 Å². The first-order chi connectivity index (χ1) is 15.3. The molecule has 5 rings (SSSR count). The number of para-hydroxylation sites is 1. The van der Waals surface area contributed by atoms with E-state index in [1.165, 1.54) is 5.69 Å². The zero-order chi connectivity index (χ0) is 21.0. The number of aromatic nitrogens is 4. The van der Waals surface area contributed by atoms with E-state index in [9.17, 15) is 0 Å². The topological polar surface area (TPSA) is 59.3 Å². The molecule has 3 heterocycles. The van der Waals surface area contributed by atoms with Gasteiger partial charge in [0.05, 0.1) is 18.7 Å². The molecule has 0 saturated carbocycles. The molecule has 2 atom stereocenters. The molecule has 0 spiro atoms. The van der Waals surface area contributed by atoms with Crippen molar-refractivity contribution < 1.29 is 4.74 Å². The predicted octanol–water partition coefficient (Wildman–Crippen LogP) is 3.42. The van der Waals surface area contributed by atoms with E-state index in [-0.39, 0.29) is 12.1 Å². The van der Waals surface area contributed by atoms with Gasteiger partial charge >= 0.3 is 0 Å². The molecule has 0 aliphatic carbocycles. The minimum absolute atomic E-state index is 0.0944. The van der Waals surface area contributed by atoms with E-state index in [1.807, 2.05) is 22.9 Å². The molecule has 2 saturated heterocycles. The van der Waals surface area contributed by atoms with Crippen LogP contribution in [0.15, 0.2) is 54.6 Å². The minimum Gasteiger partial charge on any atom is -0.376 e. The van der Waals surface area contributed by atoms with Gasteiger partial charge in [0.1, 0.15) is 0 Å². The zero-order valence-electron chi connectivity index (χ0n) is 17.5. The summed E-state index contributed by atoms with van der Waals surface area (Å²) in [6.07, 6.45) is 2.31. The lowest BCUT2D eigenvalue weighted by Crippen LogP contribution is -2.48. The first-order valence-electron chi connectivity index (χ1n) is 11.0. The van der Waals surface area contributed by atoms with Crippen LogP contribution in [0.4, 0.5) is 5.69 Å². The van der Waals surface area contributed by atoms with Crippen molar-refractivity contribution in [1.29, 1.82) is 0 Å². The molecule has 0 bridgehead atoms. The lowest BCUT2D eigenvalue weighted by Gasteiger charge is -2.40. The number of piperazine rings is 1. The number of ether oxygens (including phenoxy) is 1. The van der Waals surface area contributed by atoms with Crippen molar-refractivity contribution >= 4 is 17.3 Å². The number of halogens is 1. The van der Waals surface area contributed by atoms with E-state index in [4.69, 9.17) is 16.3 Å². The Morgan fingerprint density at radius 2 is 1.77 bits per heavy atom. The van der Waals surface area contributed by atoms with Crippen molar-refractivity contribution in [3.8, 4) is 0 Å². The second-order valence-electron chi connectivity index (χ2n) is 8.14. The van der Waals surface area contributed by atoms with Crippen molar-refractivity contribution in [3.63, 3.8) is 0 Å². The number of tetrazole rings is 1. The molecule has 0 amide bonds. The van der Waals surface area contributed by atoms with Gasteiger partial charge in [-0.3, -0.25) is 4.90 Å². The Kier molecular flexibility index (Phi) is 6.15. The fourth-order valence-corrected chi connectivity index (χ4v) is 4.83. The van der Waals surface area contributed by atoms with Gasteiger partial charge in [0.2, 0.25) is 0 Å². The number of hydrogen-bond acceptors (Lipinski definition) is 6. The van der Waals surface area contributed by atoms with Crippen LogP contribution in [0.1, 0.15) is 30.3 Å². The maximum atomic E-state index is 6.66. The summed E-state index contributed by atoms with van der Waals surface area (Å²) in [6, 6.07) is 18.5. The van der Waals surface area contributed by atoms with Crippen LogP contribution in [-0.2, 0) is 11.3 Å². The molecule has 2 aliphatic heterocycles. The van der Waals surface area contributed by atoms with E-state index in [1.54, 1.807) is 0 Å². The van der Waals surface area contributed by atoms with Gasteiger partial charge in [-0.25, -0.2) is 4.68 Å². The number of benzene rings is 2. The molecule has 0 unspecified atom stereocenters. The molecule has 7 nitrogen and oxygen atoms in total. The lowest BCUT2D eigenvalue weighted by molar-refractivity contribution is 0.0907. The molecular weight excluding hydrogens is 412 g/mol. The fraction of sp³-hybridized carbons (Fsp3) is 0.435. The van der Waals surface area contributed by atoms with Gasteiger partial charge in [-0.05, 0) is 47.0 Å². The van der Waals surface area contributed by atoms with E-state index < -0.39 is 0 Å². The van der Waals surface area contributed by atoms with Crippen LogP contribution >= 0.6 is 11.6 Å². The zero-order valence-corrected chi connectivity index (χ0v) is 18.2. The molecule has 8 heteroatoms. The summed E-state index contributed by atoms with van der Waals surface area (Å²) in [5.74, 6) is 0.830. The summed E-state index contributed by atoms with van der Waals surface area (Å²) in [5.41, 5.74) is 2.31. The van der Waals surface area contributed by atoms with Crippen molar-refractivity contribution in [2.24, 2.45) is 0 Å². The first kappa shape index (κ1) is 20.4. The lowest BCUT2D eigenvalue weighted by atomic mass is 10.0. The quantitative estimate of drug-likeness (QED) is 0.587. The third-order valence-electron chi connectivity index (χ3n) is 6.21. The maximum Gasteiger partial charge on any atom is 0.173 e. The molecule has 162 valence electrons. The highest BCUT2D eigenvalue weighted by Crippen LogP contribution is 2.33. The summed E-state index contributed by atoms with van der Waals surface area (Å²) < 4.78 is 7.75. The maximum absolute atomic E-state index is 6.66. The molecular formula is C23H27ClN6O. The highest BCUT2D eigenvalue weighted by molar-refractivity contribution is 6.31. The van der Waals surface area contributed by atoms with E-state index in [2.05, 4.69) is 61.7 Å². The van der Waals surface area contributed by atoms with Crippen LogP contribution in [0.3, 0.4) is 0 Å². The average molecular weight is 439 g/mol. The normalized spacial score (nSPS) is 20.8. The molecule has 3 aromatic rings. The van der Waals surface area contributed by atoms with Crippen LogP contribution in [-0.4, -0.2) is 64.0 Å². The van der Waals surface area contributed by atoms with Crippen molar-refractivity contribution in [3.05, 3.63) is 71.0 Å². The Labute approximate surface area is 187 Å². The summed E-state index contributed by atoms with van der Waals surface area (Å²) >= 11 is 6.66. The molecule has 2 fully saturated rings. The van der Waals surface area contributed by atoms with Gasteiger partial charge in [0.15, 0.2) is 5.82 Å². The fourth-order valence-electron chi connectivity index (χ4n) is 4.59. The van der Waals surface area contributed by atoms with E-state index in [0.29, 0.717) is 6.54 Å². The minimum atomic E-state index is -0.0944. The molecule has 0 N–H and O–H groups in total. The van der Waals surface area contributed by atoms with Gasteiger partial charge in [-0.2, -0.15) is 0 Å². The van der Waals surface area contributed by atoms with Crippen LogP contribution in [0.25, 0.3) is 0 Å². The van der Waals surface area contributed by atoms with Crippen LogP contribution < -0.4 is 4.90 Å². The highest BCUT2D eigenvalue weighted by atomic mass is 35.5. The Balaban J connectivity index is 1.42. The molecule has 2 aliphatic rings. The van der Waals surface area contributed by atoms with Crippen LogP contribution in [0, 0.1) is 0 Å². The molecule has 31 heavy (non-hydrogen) atoms. The Morgan fingerprint density at radius 1 is 1.00 bits per heavy atom. The third kappa shape index (κ3) is 4.44. The Morgan fingerprint density at radius 3 is 2.52 bits per heavy atom. The highest BCUT2D eigenvalue weighted by Gasteiger charge is 2.32. The van der Waals surface area contributed by atoms with Crippen molar-refractivity contribution in [1.82, 2.24) is 25.1 Å². The number of anilines is 1. The monoisotopic (exact) mass is 438 g/mol.